The lowest BCUT2D eigenvalue weighted by Crippen LogP contribution is -1.81. The molecule has 0 heterocycles. The normalized spacial score (nSPS) is 4.75. The molecule has 0 aliphatic carbocycles. The molecule has 0 aromatic heterocycles. The molecule has 0 fully saturated rings. The maximum absolute atomic E-state index is 9.99. The molecule has 5 heteroatoms. The minimum absolute atomic E-state index is 0.514. The molecule has 0 unspecified atom stereocenters. The van der Waals surface area contributed by atoms with E-state index in [0.29, 0.717) is 12.3 Å². The summed E-state index contributed by atoms with van der Waals surface area (Å²) >= 11 is 0. The standard InChI is InChI=1S/C2F2.CH2O3/c3-1-2-4;2-1(3)4/h;(H2,2,3,4). The van der Waals surface area contributed by atoms with Gasteiger partial charge < -0.3 is 10.2 Å². The third-order valence-electron chi connectivity index (χ3n) is 0.0357. The van der Waals surface area contributed by atoms with Crippen LogP contribution < -0.4 is 0 Å². The minimum Gasteiger partial charge on any atom is -0.450 e. The van der Waals surface area contributed by atoms with Crippen LogP contribution in [-0.4, -0.2) is 16.4 Å². The van der Waals surface area contributed by atoms with Crippen molar-refractivity contribution in [2.24, 2.45) is 0 Å². The monoisotopic (exact) mass is 124 g/mol. The Kier molecular flexibility index (Phi) is 11.3. The summed E-state index contributed by atoms with van der Waals surface area (Å²) in [4.78, 5) is 8.56. The van der Waals surface area contributed by atoms with E-state index in [1.807, 2.05) is 0 Å². The van der Waals surface area contributed by atoms with E-state index in [4.69, 9.17) is 15.0 Å². The lowest BCUT2D eigenvalue weighted by atomic mass is 11.3. The summed E-state index contributed by atoms with van der Waals surface area (Å²) in [5.41, 5.74) is 0. The smallest absolute Gasteiger partial charge is 0.450 e. The molecule has 0 amide bonds. The van der Waals surface area contributed by atoms with Gasteiger partial charge in [-0.25, -0.2) is 4.79 Å². The summed E-state index contributed by atoms with van der Waals surface area (Å²) in [6.45, 7) is 0. The molecule has 0 aromatic rings. The van der Waals surface area contributed by atoms with Gasteiger partial charge in [0.2, 0.25) is 0 Å². The van der Waals surface area contributed by atoms with Crippen molar-refractivity contribution in [1.82, 2.24) is 0 Å². The van der Waals surface area contributed by atoms with E-state index in [1.165, 1.54) is 0 Å². The molecule has 0 saturated carbocycles. The molecule has 0 radical (unpaired) electrons. The molecule has 46 valence electrons. The summed E-state index contributed by atoms with van der Waals surface area (Å²) in [6.07, 6.45) is -0.806. The zero-order valence-electron chi connectivity index (χ0n) is 3.56. The summed E-state index contributed by atoms with van der Waals surface area (Å²) in [7, 11) is 0. The van der Waals surface area contributed by atoms with Crippen molar-refractivity contribution in [3.05, 3.63) is 0 Å². The van der Waals surface area contributed by atoms with Crippen LogP contribution in [0.1, 0.15) is 0 Å². The molecule has 0 aliphatic heterocycles. The van der Waals surface area contributed by atoms with Gasteiger partial charge >= 0.3 is 6.16 Å². The minimum atomic E-state index is -1.83. The first kappa shape index (κ1) is 9.85. The second-order valence-corrected chi connectivity index (χ2v) is 0.472. The van der Waals surface area contributed by atoms with Crippen LogP contribution in [0.25, 0.3) is 0 Å². The molecule has 0 aromatic carbocycles. The lowest BCUT2D eigenvalue weighted by Gasteiger charge is -1.60. The number of rotatable bonds is 0. The summed E-state index contributed by atoms with van der Waals surface area (Å²) in [6, 6.07) is 0. The van der Waals surface area contributed by atoms with Crippen LogP contribution in [0.5, 0.6) is 0 Å². The Morgan fingerprint density at radius 2 is 1.38 bits per heavy atom. The topological polar surface area (TPSA) is 57.5 Å². The van der Waals surface area contributed by atoms with Gasteiger partial charge in [0.25, 0.3) is 0 Å². The quantitative estimate of drug-likeness (QED) is 0.475. The molecule has 8 heavy (non-hydrogen) atoms. The Hall–Kier alpha value is -1.31. The van der Waals surface area contributed by atoms with Gasteiger partial charge in [0.15, 0.2) is 0 Å². The fourth-order valence-corrected chi connectivity index (χ4v) is 0. The predicted molar refractivity (Wildman–Crippen MR) is 20.6 cm³/mol. The number of hydrogen-bond acceptors (Lipinski definition) is 1. The molecule has 3 nitrogen and oxygen atoms in total. The van der Waals surface area contributed by atoms with Crippen molar-refractivity contribution in [2.75, 3.05) is 0 Å². The van der Waals surface area contributed by atoms with Gasteiger partial charge in [-0.05, 0) is 0 Å². The Balaban J connectivity index is 0. The van der Waals surface area contributed by atoms with Gasteiger partial charge in [-0.1, -0.05) is 0 Å². The molecule has 0 saturated heterocycles. The van der Waals surface area contributed by atoms with Gasteiger partial charge in [-0.2, -0.15) is 0 Å². The van der Waals surface area contributed by atoms with E-state index in [2.05, 4.69) is 0 Å². The first-order valence-electron chi connectivity index (χ1n) is 1.28. The fourth-order valence-electron chi connectivity index (χ4n) is 0. The van der Waals surface area contributed by atoms with Gasteiger partial charge in [0.1, 0.15) is 12.3 Å². The molecule has 0 bridgehead atoms. The largest absolute Gasteiger partial charge is 0.503 e. The fraction of sp³-hybridized carbons (Fsp3) is 0. The SMILES string of the molecule is FC#CF.O=C(O)O. The molecule has 2 N–H and O–H groups in total. The number of carboxylic acid groups (broad SMARTS) is 2. The summed E-state index contributed by atoms with van der Waals surface area (Å²) in [5, 5.41) is 13.9. The summed E-state index contributed by atoms with van der Waals surface area (Å²) < 4.78 is 20.0. The van der Waals surface area contributed by atoms with Crippen LogP contribution in [0.2, 0.25) is 0 Å². The average Bonchev–Trinajstić information content (AvgIpc) is 1.65. The van der Waals surface area contributed by atoms with E-state index >= 15 is 0 Å². The number of hydrogen-bond donors (Lipinski definition) is 2. The van der Waals surface area contributed by atoms with Gasteiger partial charge in [0.05, 0.1) is 0 Å². The highest BCUT2D eigenvalue weighted by atomic mass is 19.2. The van der Waals surface area contributed by atoms with Crippen molar-refractivity contribution in [2.45, 2.75) is 0 Å². The Morgan fingerprint density at radius 1 is 1.25 bits per heavy atom. The van der Waals surface area contributed by atoms with Gasteiger partial charge in [-0.15, -0.1) is 8.78 Å². The zero-order chi connectivity index (χ0) is 6.99. The maximum Gasteiger partial charge on any atom is 0.503 e. The van der Waals surface area contributed by atoms with Crippen molar-refractivity contribution >= 4 is 6.16 Å². The second kappa shape index (κ2) is 9.19. The molecular formula is C3H2F2O3. The van der Waals surface area contributed by atoms with Gasteiger partial charge in [0, 0.05) is 0 Å². The zero-order valence-corrected chi connectivity index (χ0v) is 3.56. The maximum atomic E-state index is 9.99. The Morgan fingerprint density at radius 3 is 1.38 bits per heavy atom. The molecule has 0 aliphatic rings. The first-order chi connectivity index (χ1) is 3.65. The van der Waals surface area contributed by atoms with Crippen molar-refractivity contribution in [1.29, 1.82) is 0 Å². The van der Waals surface area contributed by atoms with Crippen LogP contribution >= 0.6 is 0 Å². The van der Waals surface area contributed by atoms with E-state index in [0.717, 1.165) is 0 Å². The molecular weight excluding hydrogens is 122 g/mol. The molecule has 0 rings (SSSR count). The van der Waals surface area contributed by atoms with E-state index in [1.54, 1.807) is 0 Å². The summed E-state index contributed by atoms with van der Waals surface area (Å²) in [5.74, 6) is 0. The predicted octanol–water partition coefficient (Wildman–Crippen LogP) is 1.07. The van der Waals surface area contributed by atoms with Crippen molar-refractivity contribution in [3.8, 4) is 12.3 Å². The van der Waals surface area contributed by atoms with Crippen LogP contribution in [0.4, 0.5) is 13.6 Å². The lowest BCUT2D eigenvalue weighted by molar-refractivity contribution is 0.137. The molecule has 0 spiro atoms. The van der Waals surface area contributed by atoms with E-state index in [9.17, 15) is 8.78 Å². The van der Waals surface area contributed by atoms with Crippen molar-refractivity contribution < 1.29 is 23.8 Å². The second-order valence-electron chi connectivity index (χ2n) is 0.472. The van der Waals surface area contributed by atoms with E-state index in [-0.39, 0.29) is 0 Å². The third-order valence-corrected chi connectivity index (χ3v) is 0.0357. The third kappa shape index (κ3) is 665. The Bertz CT molecular complexity index is 101. The van der Waals surface area contributed by atoms with E-state index < -0.39 is 6.16 Å². The van der Waals surface area contributed by atoms with Crippen LogP contribution in [0, 0.1) is 12.3 Å². The Labute approximate surface area is 43.6 Å². The highest BCUT2D eigenvalue weighted by Crippen LogP contribution is 1.50. The van der Waals surface area contributed by atoms with Crippen LogP contribution in [0.15, 0.2) is 0 Å². The van der Waals surface area contributed by atoms with Crippen LogP contribution in [0.3, 0.4) is 0 Å². The highest BCUT2D eigenvalue weighted by molar-refractivity contribution is 5.53. The van der Waals surface area contributed by atoms with Crippen LogP contribution in [-0.2, 0) is 0 Å². The van der Waals surface area contributed by atoms with Crippen molar-refractivity contribution in [3.63, 3.8) is 0 Å². The average molecular weight is 124 g/mol. The van der Waals surface area contributed by atoms with Gasteiger partial charge in [-0.3, -0.25) is 0 Å². The number of carbonyl (C=O) groups is 1. The number of halogens is 2. The molecule has 0 atom stereocenters. The first-order valence-corrected chi connectivity index (χ1v) is 1.28. The highest BCUT2D eigenvalue weighted by Gasteiger charge is 1.70.